The maximum Gasteiger partial charge on any atom is 0.161 e. The van der Waals surface area contributed by atoms with Crippen LogP contribution in [0.15, 0.2) is 70.9 Å². The summed E-state index contributed by atoms with van der Waals surface area (Å²) in [6.07, 6.45) is 1.26. The number of carbonyl (C=O) groups excluding carboxylic acids is 1. The summed E-state index contributed by atoms with van der Waals surface area (Å²) >= 11 is 0. The van der Waals surface area contributed by atoms with Crippen LogP contribution in [0.4, 0.5) is 0 Å². The van der Waals surface area contributed by atoms with Crippen molar-refractivity contribution in [1.29, 1.82) is 5.26 Å². The number of ketones is 1. The first kappa shape index (κ1) is 20.1. The van der Waals surface area contributed by atoms with E-state index < -0.39 is 5.92 Å². The summed E-state index contributed by atoms with van der Waals surface area (Å²) in [5, 5.41) is 9.85. The molecule has 2 aromatic rings. The summed E-state index contributed by atoms with van der Waals surface area (Å²) in [6.45, 7) is 6.60. The van der Waals surface area contributed by atoms with Gasteiger partial charge in [0.05, 0.1) is 12.0 Å². The highest BCUT2D eigenvalue weighted by Crippen LogP contribution is 2.47. The third kappa shape index (κ3) is 3.93. The fraction of sp³-hybridized carbons (Fsp3) is 0.346. The van der Waals surface area contributed by atoms with E-state index in [0.717, 1.165) is 40.3 Å². The Labute approximate surface area is 177 Å². The molecular formula is C26H26N2O2. The number of hydrogen-bond donors (Lipinski definition) is 0. The molecule has 1 aliphatic carbocycles. The normalized spacial score (nSPS) is 22.7. The molecule has 0 radical (unpaired) electrons. The molecule has 1 aliphatic heterocycles. The molecule has 4 heteroatoms. The standard InChI is InChI=1S/C26H26N2O2/c1-17-21(15-27)24(25-22(28-17)13-26(2,3)14-23(25)29)19-9-11-20(12-10-19)30-16-18-7-5-4-6-8-18/h4-12,21,24H,13-14,16H2,1-3H3/t21?,24-/m0/s1. The number of rotatable bonds is 4. The number of allylic oxidation sites excluding steroid dienone is 2. The van der Waals surface area contributed by atoms with Crippen molar-refractivity contribution in [2.75, 3.05) is 0 Å². The van der Waals surface area contributed by atoms with Crippen LogP contribution in [0.1, 0.15) is 50.7 Å². The summed E-state index contributed by atoms with van der Waals surface area (Å²) in [4.78, 5) is 17.7. The highest BCUT2D eigenvalue weighted by Gasteiger charge is 2.43. The molecule has 0 spiro atoms. The highest BCUT2D eigenvalue weighted by molar-refractivity contribution is 6.03. The lowest BCUT2D eigenvalue weighted by Crippen LogP contribution is -2.35. The Hall–Kier alpha value is -3.19. The Balaban J connectivity index is 1.62. The fourth-order valence-corrected chi connectivity index (χ4v) is 4.48. The Morgan fingerprint density at radius 3 is 2.47 bits per heavy atom. The van der Waals surface area contributed by atoms with Gasteiger partial charge in [0.15, 0.2) is 5.78 Å². The van der Waals surface area contributed by atoms with Crippen molar-refractivity contribution in [3.8, 4) is 11.8 Å². The molecule has 2 aliphatic rings. The van der Waals surface area contributed by atoms with Crippen LogP contribution >= 0.6 is 0 Å². The van der Waals surface area contributed by atoms with Crippen LogP contribution in [-0.2, 0) is 11.4 Å². The number of carbonyl (C=O) groups is 1. The largest absolute Gasteiger partial charge is 0.489 e. The van der Waals surface area contributed by atoms with Crippen molar-refractivity contribution in [1.82, 2.24) is 0 Å². The van der Waals surface area contributed by atoms with E-state index in [1.807, 2.05) is 61.5 Å². The van der Waals surface area contributed by atoms with E-state index in [4.69, 9.17) is 4.74 Å². The molecule has 0 fully saturated rings. The molecule has 2 atom stereocenters. The van der Waals surface area contributed by atoms with Gasteiger partial charge >= 0.3 is 0 Å². The molecule has 152 valence electrons. The average Bonchev–Trinajstić information content (AvgIpc) is 2.71. The van der Waals surface area contributed by atoms with Crippen molar-refractivity contribution < 1.29 is 9.53 Å². The van der Waals surface area contributed by atoms with Gasteiger partial charge in [0.1, 0.15) is 12.4 Å². The van der Waals surface area contributed by atoms with Crippen molar-refractivity contribution in [2.24, 2.45) is 16.3 Å². The number of Topliss-reactive ketones (excluding diaryl/α,β-unsaturated/α-hetero) is 1. The van der Waals surface area contributed by atoms with Crippen LogP contribution in [-0.4, -0.2) is 11.5 Å². The van der Waals surface area contributed by atoms with E-state index >= 15 is 0 Å². The van der Waals surface area contributed by atoms with Gasteiger partial charge in [-0.25, -0.2) is 0 Å². The molecule has 0 amide bonds. The maximum absolute atomic E-state index is 13.1. The molecule has 0 saturated heterocycles. The Morgan fingerprint density at radius 2 is 1.80 bits per heavy atom. The smallest absolute Gasteiger partial charge is 0.161 e. The lowest BCUT2D eigenvalue weighted by atomic mass is 9.67. The predicted molar refractivity (Wildman–Crippen MR) is 117 cm³/mol. The number of hydrogen-bond acceptors (Lipinski definition) is 4. The number of benzene rings is 2. The van der Waals surface area contributed by atoms with Gasteiger partial charge in [-0.2, -0.15) is 5.26 Å². The first-order valence-corrected chi connectivity index (χ1v) is 10.4. The summed E-state index contributed by atoms with van der Waals surface area (Å²) in [7, 11) is 0. The van der Waals surface area contributed by atoms with Gasteiger partial charge < -0.3 is 4.74 Å². The van der Waals surface area contributed by atoms with Crippen LogP contribution in [0, 0.1) is 22.7 Å². The van der Waals surface area contributed by atoms with Crippen LogP contribution in [0.5, 0.6) is 5.75 Å². The zero-order valence-electron chi connectivity index (χ0n) is 17.7. The van der Waals surface area contributed by atoms with Crippen LogP contribution in [0.2, 0.25) is 0 Å². The van der Waals surface area contributed by atoms with E-state index in [0.29, 0.717) is 13.0 Å². The second-order valence-corrected chi connectivity index (χ2v) is 8.98. The molecule has 30 heavy (non-hydrogen) atoms. The van der Waals surface area contributed by atoms with Gasteiger partial charge in [-0.15, -0.1) is 0 Å². The van der Waals surface area contributed by atoms with Crippen molar-refractivity contribution in [2.45, 2.75) is 46.1 Å². The van der Waals surface area contributed by atoms with E-state index in [-0.39, 0.29) is 17.1 Å². The van der Waals surface area contributed by atoms with E-state index in [1.54, 1.807) is 0 Å². The molecule has 0 aromatic heterocycles. The monoisotopic (exact) mass is 398 g/mol. The minimum Gasteiger partial charge on any atom is -0.489 e. The van der Waals surface area contributed by atoms with Gasteiger partial charge in [0.2, 0.25) is 0 Å². The Kier molecular flexibility index (Phi) is 5.30. The fourth-order valence-electron chi connectivity index (χ4n) is 4.48. The third-order valence-electron chi connectivity index (χ3n) is 5.93. The quantitative estimate of drug-likeness (QED) is 0.673. The van der Waals surface area contributed by atoms with Gasteiger partial charge in [0, 0.05) is 29.3 Å². The molecule has 2 aromatic carbocycles. The first-order chi connectivity index (χ1) is 14.4. The SMILES string of the molecule is CC1=NC2=C(C(=O)CC(C)(C)C2)[C@@H](c2ccc(OCc3ccccc3)cc2)C1C#N. The number of nitrogens with zero attached hydrogens (tertiary/aromatic N) is 2. The zero-order chi connectivity index (χ0) is 21.3. The minimum absolute atomic E-state index is 0.0984. The third-order valence-corrected chi connectivity index (χ3v) is 5.93. The van der Waals surface area contributed by atoms with Crippen LogP contribution in [0.3, 0.4) is 0 Å². The van der Waals surface area contributed by atoms with Crippen molar-refractivity contribution in [3.05, 3.63) is 77.0 Å². The Bertz CT molecular complexity index is 1060. The van der Waals surface area contributed by atoms with E-state index in [1.165, 1.54) is 0 Å². The van der Waals surface area contributed by atoms with Crippen molar-refractivity contribution >= 4 is 11.5 Å². The molecule has 1 heterocycles. The molecule has 0 bridgehead atoms. The summed E-state index contributed by atoms with van der Waals surface area (Å²) in [5.74, 6) is 0.189. The van der Waals surface area contributed by atoms with Crippen molar-refractivity contribution in [3.63, 3.8) is 0 Å². The van der Waals surface area contributed by atoms with Gasteiger partial charge in [-0.05, 0) is 42.0 Å². The van der Waals surface area contributed by atoms with E-state index in [2.05, 4.69) is 24.9 Å². The van der Waals surface area contributed by atoms with Crippen LogP contribution in [0.25, 0.3) is 0 Å². The highest BCUT2D eigenvalue weighted by atomic mass is 16.5. The molecular weight excluding hydrogens is 372 g/mol. The minimum atomic E-state index is -0.426. The van der Waals surface area contributed by atoms with Crippen LogP contribution < -0.4 is 4.74 Å². The predicted octanol–water partition coefficient (Wildman–Crippen LogP) is 5.61. The first-order valence-electron chi connectivity index (χ1n) is 10.4. The molecule has 1 unspecified atom stereocenters. The topological polar surface area (TPSA) is 62.4 Å². The summed E-state index contributed by atoms with van der Waals surface area (Å²) < 4.78 is 5.90. The maximum atomic E-state index is 13.1. The number of aliphatic imine (C=N–C) groups is 1. The summed E-state index contributed by atoms with van der Waals surface area (Å²) in [6, 6.07) is 20.2. The molecule has 4 nitrogen and oxygen atoms in total. The average molecular weight is 399 g/mol. The second kappa shape index (κ2) is 7.91. The van der Waals surface area contributed by atoms with Gasteiger partial charge in [-0.3, -0.25) is 9.79 Å². The lowest BCUT2D eigenvalue weighted by Gasteiger charge is -2.37. The number of ether oxygens (including phenoxy) is 1. The Morgan fingerprint density at radius 1 is 1.10 bits per heavy atom. The van der Waals surface area contributed by atoms with Gasteiger partial charge in [0.25, 0.3) is 0 Å². The lowest BCUT2D eigenvalue weighted by molar-refractivity contribution is -0.118. The van der Waals surface area contributed by atoms with E-state index in [9.17, 15) is 10.1 Å². The molecule has 0 saturated carbocycles. The molecule has 0 N–H and O–H groups in total. The summed E-state index contributed by atoms with van der Waals surface area (Å²) in [5.41, 5.74) is 4.34. The zero-order valence-corrected chi connectivity index (χ0v) is 17.7. The number of nitriles is 1. The van der Waals surface area contributed by atoms with Gasteiger partial charge in [-0.1, -0.05) is 56.3 Å². The molecule has 4 rings (SSSR count). The second-order valence-electron chi connectivity index (χ2n) is 8.98.